The Bertz CT molecular complexity index is 569. The SMILES string of the molecule is C=CCc1cc(=O)c2ccccc2n1O. The zero-order valence-electron chi connectivity index (χ0n) is 8.18. The van der Waals surface area contributed by atoms with E-state index in [0.29, 0.717) is 23.0 Å². The molecule has 0 saturated heterocycles. The predicted molar refractivity (Wildman–Crippen MR) is 59.3 cm³/mol. The molecule has 0 aliphatic rings. The first kappa shape index (κ1) is 9.52. The smallest absolute Gasteiger partial charge is 0.189 e. The van der Waals surface area contributed by atoms with E-state index in [1.165, 1.54) is 6.07 Å². The molecule has 0 fully saturated rings. The van der Waals surface area contributed by atoms with Gasteiger partial charge in [0.1, 0.15) is 0 Å². The first-order chi connectivity index (χ1) is 7.24. The number of rotatable bonds is 2. The largest absolute Gasteiger partial charge is 0.428 e. The maximum atomic E-state index is 11.7. The Morgan fingerprint density at radius 2 is 2.13 bits per heavy atom. The Labute approximate surface area is 86.9 Å². The van der Waals surface area contributed by atoms with Crippen molar-refractivity contribution < 1.29 is 5.21 Å². The number of hydrogen-bond acceptors (Lipinski definition) is 2. The number of aromatic nitrogens is 1. The maximum absolute atomic E-state index is 11.7. The Hall–Kier alpha value is -2.03. The lowest BCUT2D eigenvalue weighted by atomic mass is 10.1. The molecule has 76 valence electrons. The van der Waals surface area contributed by atoms with E-state index >= 15 is 0 Å². The molecular formula is C12H11NO2. The highest BCUT2D eigenvalue weighted by molar-refractivity contribution is 5.78. The van der Waals surface area contributed by atoms with E-state index in [-0.39, 0.29) is 5.43 Å². The normalized spacial score (nSPS) is 10.4. The standard InChI is InChI=1S/C12H11NO2/c1-2-5-9-8-12(14)10-6-3-4-7-11(10)13(9)15/h2-4,6-8,15H,1,5H2. The molecule has 3 nitrogen and oxygen atoms in total. The highest BCUT2D eigenvalue weighted by Crippen LogP contribution is 2.11. The van der Waals surface area contributed by atoms with Gasteiger partial charge in [-0.25, -0.2) is 0 Å². The lowest BCUT2D eigenvalue weighted by molar-refractivity contribution is 0.189. The molecule has 1 heterocycles. The van der Waals surface area contributed by atoms with E-state index in [4.69, 9.17) is 0 Å². The second-order valence-corrected chi connectivity index (χ2v) is 3.32. The maximum Gasteiger partial charge on any atom is 0.189 e. The fourth-order valence-corrected chi connectivity index (χ4v) is 1.60. The Morgan fingerprint density at radius 3 is 2.87 bits per heavy atom. The van der Waals surface area contributed by atoms with Crippen molar-refractivity contribution in [3.8, 4) is 0 Å². The fraction of sp³-hybridized carbons (Fsp3) is 0.0833. The molecule has 0 atom stereocenters. The predicted octanol–water partition coefficient (Wildman–Crippen LogP) is 1.97. The summed E-state index contributed by atoms with van der Waals surface area (Å²) >= 11 is 0. The van der Waals surface area contributed by atoms with Gasteiger partial charge in [-0.2, -0.15) is 4.73 Å². The molecule has 0 saturated carbocycles. The molecular weight excluding hydrogens is 190 g/mol. The molecule has 2 aromatic rings. The number of fused-ring (bicyclic) bond motifs is 1. The van der Waals surface area contributed by atoms with Crippen LogP contribution in [0.3, 0.4) is 0 Å². The van der Waals surface area contributed by atoms with Gasteiger partial charge in [-0.15, -0.1) is 6.58 Å². The van der Waals surface area contributed by atoms with Crippen molar-refractivity contribution in [3.63, 3.8) is 0 Å². The Balaban J connectivity index is 2.84. The van der Waals surface area contributed by atoms with Crippen molar-refractivity contribution >= 4 is 10.9 Å². The van der Waals surface area contributed by atoms with E-state index in [9.17, 15) is 10.0 Å². The summed E-state index contributed by atoms with van der Waals surface area (Å²) in [6.07, 6.45) is 2.12. The molecule has 2 rings (SSSR count). The number of hydrogen-bond donors (Lipinski definition) is 1. The summed E-state index contributed by atoms with van der Waals surface area (Å²) in [6.45, 7) is 3.58. The van der Waals surface area contributed by atoms with Crippen LogP contribution in [0.25, 0.3) is 10.9 Å². The van der Waals surface area contributed by atoms with Gasteiger partial charge in [0.15, 0.2) is 5.43 Å². The molecule has 1 aromatic heterocycles. The summed E-state index contributed by atoms with van der Waals surface area (Å²) < 4.78 is 1.04. The van der Waals surface area contributed by atoms with E-state index in [1.807, 2.05) is 0 Å². The van der Waals surface area contributed by atoms with Crippen LogP contribution >= 0.6 is 0 Å². The number of para-hydroxylation sites is 1. The van der Waals surface area contributed by atoms with E-state index in [2.05, 4.69) is 6.58 Å². The van der Waals surface area contributed by atoms with Crippen LogP contribution < -0.4 is 5.43 Å². The van der Waals surface area contributed by atoms with Crippen molar-refractivity contribution in [2.24, 2.45) is 0 Å². The second kappa shape index (κ2) is 3.61. The van der Waals surface area contributed by atoms with Crippen molar-refractivity contribution in [2.45, 2.75) is 6.42 Å². The van der Waals surface area contributed by atoms with Crippen molar-refractivity contribution in [1.82, 2.24) is 4.73 Å². The van der Waals surface area contributed by atoms with Crippen LogP contribution in [0, 0.1) is 0 Å². The molecule has 0 amide bonds. The number of benzene rings is 1. The first-order valence-electron chi connectivity index (χ1n) is 4.68. The van der Waals surface area contributed by atoms with Crippen LogP contribution in [0.4, 0.5) is 0 Å². The Kier molecular flexibility index (Phi) is 2.29. The third-order valence-electron chi connectivity index (χ3n) is 2.32. The average Bonchev–Trinajstić information content (AvgIpc) is 2.26. The molecule has 0 spiro atoms. The minimum atomic E-state index is -0.0762. The molecule has 0 bridgehead atoms. The van der Waals surface area contributed by atoms with Crippen molar-refractivity contribution in [2.75, 3.05) is 0 Å². The van der Waals surface area contributed by atoms with Gasteiger partial charge in [-0.1, -0.05) is 18.2 Å². The lowest BCUT2D eigenvalue weighted by Crippen LogP contribution is -2.11. The number of allylic oxidation sites excluding steroid dienone is 1. The quantitative estimate of drug-likeness (QED) is 0.596. The van der Waals surface area contributed by atoms with Gasteiger partial charge in [0, 0.05) is 17.9 Å². The average molecular weight is 201 g/mol. The minimum Gasteiger partial charge on any atom is -0.428 e. The summed E-state index contributed by atoms with van der Waals surface area (Å²) in [5.74, 6) is 0. The van der Waals surface area contributed by atoms with Gasteiger partial charge in [-0.05, 0) is 12.1 Å². The van der Waals surface area contributed by atoms with E-state index in [0.717, 1.165) is 4.73 Å². The summed E-state index contributed by atoms with van der Waals surface area (Å²) in [5.41, 5.74) is 1.00. The zero-order chi connectivity index (χ0) is 10.8. The molecule has 0 aliphatic heterocycles. The highest BCUT2D eigenvalue weighted by Gasteiger charge is 2.05. The van der Waals surface area contributed by atoms with Crippen molar-refractivity contribution in [1.29, 1.82) is 0 Å². The van der Waals surface area contributed by atoms with Gasteiger partial charge in [0.05, 0.1) is 11.2 Å². The Morgan fingerprint density at radius 1 is 1.40 bits per heavy atom. The number of pyridine rings is 1. The first-order valence-corrected chi connectivity index (χ1v) is 4.68. The third kappa shape index (κ3) is 1.52. The molecule has 0 aliphatic carbocycles. The molecule has 1 aromatic carbocycles. The number of nitrogens with zero attached hydrogens (tertiary/aromatic N) is 1. The minimum absolute atomic E-state index is 0.0762. The van der Waals surface area contributed by atoms with Crippen molar-refractivity contribution in [3.05, 3.63) is 58.9 Å². The van der Waals surface area contributed by atoms with Gasteiger partial charge >= 0.3 is 0 Å². The van der Waals surface area contributed by atoms with Crippen LogP contribution in [-0.4, -0.2) is 9.94 Å². The van der Waals surface area contributed by atoms with Gasteiger partial charge in [0.25, 0.3) is 0 Å². The summed E-state index contributed by atoms with van der Waals surface area (Å²) in [5, 5.41) is 10.4. The van der Waals surface area contributed by atoms with Crippen LogP contribution in [0.15, 0.2) is 47.8 Å². The summed E-state index contributed by atoms with van der Waals surface area (Å²) in [7, 11) is 0. The highest BCUT2D eigenvalue weighted by atomic mass is 16.5. The van der Waals surface area contributed by atoms with Gasteiger partial charge in [0.2, 0.25) is 0 Å². The third-order valence-corrected chi connectivity index (χ3v) is 2.32. The summed E-state index contributed by atoms with van der Waals surface area (Å²) in [6, 6.07) is 8.40. The van der Waals surface area contributed by atoms with Crippen LogP contribution in [0.1, 0.15) is 5.69 Å². The monoisotopic (exact) mass is 201 g/mol. The fourth-order valence-electron chi connectivity index (χ4n) is 1.60. The molecule has 0 radical (unpaired) electrons. The van der Waals surface area contributed by atoms with Crippen LogP contribution in [-0.2, 0) is 6.42 Å². The summed E-state index contributed by atoms with van der Waals surface area (Å²) in [4.78, 5) is 11.7. The molecule has 15 heavy (non-hydrogen) atoms. The molecule has 0 unspecified atom stereocenters. The van der Waals surface area contributed by atoms with E-state index < -0.39 is 0 Å². The van der Waals surface area contributed by atoms with Gasteiger partial charge in [-0.3, -0.25) is 4.79 Å². The molecule has 3 heteroatoms. The van der Waals surface area contributed by atoms with Crippen LogP contribution in [0.5, 0.6) is 0 Å². The lowest BCUT2D eigenvalue weighted by Gasteiger charge is -2.08. The zero-order valence-corrected chi connectivity index (χ0v) is 8.18. The second-order valence-electron chi connectivity index (χ2n) is 3.32. The van der Waals surface area contributed by atoms with E-state index in [1.54, 1.807) is 30.3 Å². The van der Waals surface area contributed by atoms with Crippen LogP contribution in [0.2, 0.25) is 0 Å². The molecule has 1 N–H and O–H groups in total. The van der Waals surface area contributed by atoms with Gasteiger partial charge < -0.3 is 5.21 Å². The topological polar surface area (TPSA) is 42.2 Å².